The Bertz CT molecular complexity index is 131. The Balaban J connectivity index is 0. The van der Waals surface area contributed by atoms with Crippen LogP contribution in [-0.4, -0.2) is 35.5 Å². The van der Waals surface area contributed by atoms with Gasteiger partial charge in [0.15, 0.2) is 0 Å². The third-order valence-corrected chi connectivity index (χ3v) is 2.08. The van der Waals surface area contributed by atoms with E-state index in [4.69, 9.17) is 5.84 Å². The molecular formula is C9H20N2NaO. The van der Waals surface area contributed by atoms with Gasteiger partial charge in [-0.2, -0.15) is 0 Å². The molecule has 0 spiro atoms. The van der Waals surface area contributed by atoms with Gasteiger partial charge in [-0.15, -0.1) is 0 Å². The predicted octanol–water partition coefficient (Wildman–Crippen LogP) is 1.20. The zero-order valence-electron chi connectivity index (χ0n) is 9.10. The molecule has 0 heterocycles. The molecule has 0 aliphatic carbocycles. The number of carbonyl (C=O) groups excluding carboxylic acids is 1. The van der Waals surface area contributed by atoms with Gasteiger partial charge in [0.05, 0.1) is 0 Å². The molecular weight excluding hydrogens is 175 g/mol. The molecule has 13 heavy (non-hydrogen) atoms. The van der Waals surface area contributed by atoms with Gasteiger partial charge in [-0.3, -0.25) is 10.2 Å². The van der Waals surface area contributed by atoms with Gasteiger partial charge in [0.25, 0.3) is 0 Å². The summed E-state index contributed by atoms with van der Waals surface area (Å²) >= 11 is 0. The average molecular weight is 195 g/mol. The van der Waals surface area contributed by atoms with E-state index in [0.717, 1.165) is 12.8 Å². The van der Waals surface area contributed by atoms with Crippen LogP contribution < -0.4 is 11.3 Å². The predicted molar refractivity (Wildman–Crippen MR) is 56.0 cm³/mol. The Kier molecular flexibility index (Phi) is 12.8. The van der Waals surface area contributed by atoms with Crippen LogP contribution in [0, 0.1) is 5.92 Å². The summed E-state index contributed by atoms with van der Waals surface area (Å²) in [5, 5.41) is 0. The summed E-state index contributed by atoms with van der Waals surface area (Å²) in [4.78, 5) is 10.9. The van der Waals surface area contributed by atoms with E-state index in [-0.39, 0.29) is 41.4 Å². The number of hydrazine groups is 1. The molecule has 1 radical (unpaired) electrons. The van der Waals surface area contributed by atoms with Crippen molar-refractivity contribution in [3.63, 3.8) is 0 Å². The number of nitrogens with two attached hydrogens (primary N) is 1. The Labute approximate surface area is 103 Å². The normalized spacial score (nSPS) is 11.6. The molecule has 0 saturated heterocycles. The molecule has 0 aliphatic heterocycles. The first-order valence-electron chi connectivity index (χ1n) is 4.72. The first kappa shape index (κ1) is 15.9. The number of unbranched alkanes of at least 4 members (excludes halogenated alkanes) is 3. The molecule has 0 aromatic rings. The van der Waals surface area contributed by atoms with E-state index >= 15 is 0 Å². The van der Waals surface area contributed by atoms with Crippen molar-refractivity contribution in [2.75, 3.05) is 0 Å². The van der Waals surface area contributed by atoms with Crippen LogP contribution in [-0.2, 0) is 4.79 Å². The molecule has 1 amide bonds. The zero-order valence-corrected chi connectivity index (χ0v) is 11.1. The van der Waals surface area contributed by atoms with Crippen molar-refractivity contribution in [3.8, 4) is 0 Å². The molecule has 0 aliphatic rings. The number of rotatable bonds is 6. The minimum Gasteiger partial charge on any atom is -0.294 e. The van der Waals surface area contributed by atoms with E-state index in [9.17, 15) is 4.79 Å². The fourth-order valence-electron chi connectivity index (χ4n) is 1.15. The maximum atomic E-state index is 10.9. The number of amides is 1. The van der Waals surface area contributed by atoms with Crippen LogP contribution >= 0.6 is 0 Å². The fourth-order valence-corrected chi connectivity index (χ4v) is 1.15. The number of hydrogen-bond acceptors (Lipinski definition) is 2. The first-order valence-corrected chi connectivity index (χ1v) is 4.72. The van der Waals surface area contributed by atoms with Crippen molar-refractivity contribution in [3.05, 3.63) is 0 Å². The quantitative estimate of drug-likeness (QED) is 0.220. The number of carbonyl (C=O) groups is 1. The Morgan fingerprint density at radius 3 is 2.46 bits per heavy atom. The summed E-state index contributed by atoms with van der Waals surface area (Å²) in [6.07, 6.45) is 5.79. The van der Waals surface area contributed by atoms with Gasteiger partial charge in [-0.1, -0.05) is 39.5 Å². The second kappa shape index (κ2) is 10.5. The van der Waals surface area contributed by atoms with Gasteiger partial charge in [0.1, 0.15) is 0 Å². The van der Waals surface area contributed by atoms with Gasteiger partial charge >= 0.3 is 0 Å². The molecule has 0 aromatic heterocycles. The van der Waals surface area contributed by atoms with Crippen LogP contribution in [0.4, 0.5) is 0 Å². The van der Waals surface area contributed by atoms with Crippen LogP contribution in [0.25, 0.3) is 0 Å². The Morgan fingerprint density at radius 2 is 2.00 bits per heavy atom. The van der Waals surface area contributed by atoms with Crippen LogP contribution in [0.3, 0.4) is 0 Å². The molecule has 3 N–H and O–H groups in total. The standard InChI is InChI=1S/C9H20N2O.Na/c1-3-4-5-6-7-8(2)9(12)11-10;/h8H,3-7,10H2,1-2H3,(H,11,12);. The third-order valence-electron chi connectivity index (χ3n) is 2.08. The van der Waals surface area contributed by atoms with E-state index in [1.807, 2.05) is 6.92 Å². The van der Waals surface area contributed by atoms with Crippen molar-refractivity contribution < 1.29 is 4.79 Å². The van der Waals surface area contributed by atoms with E-state index in [1.165, 1.54) is 19.3 Å². The van der Waals surface area contributed by atoms with E-state index in [1.54, 1.807) is 0 Å². The van der Waals surface area contributed by atoms with Gasteiger partial charge in [-0.25, -0.2) is 5.84 Å². The van der Waals surface area contributed by atoms with Crippen LogP contribution in [0.2, 0.25) is 0 Å². The molecule has 1 atom stereocenters. The monoisotopic (exact) mass is 195 g/mol. The molecule has 0 aromatic carbocycles. The van der Waals surface area contributed by atoms with E-state index in [2.05, 4.69) is 12.3 Å². The molecule has 0 rings (SSSR count). The van der Waals surface area contributed by atoms with Crippen LogP contribution in [0.5, 0.6) is 0 Å². The molecule has 1 unspecified atom stereocenters. The van der Waals surface area contributed by atoms with Crippen LogP contribution in [0.15, 0.2) is 0 Å². The SMILES string of the molecule is CCCCCCC(C)C(=O)NN.[Na]. The fraction of sp³-hybridized carbons (Fsp3) is 0.889. The minimum absolute atomic E-state index is 0. The number of nitrogens with one attached hydrogen (secondary N) is 1. The topological polar surface area (TPSA) is 55.1 Å². The van der Waals surface area contributed by atoms with Crippen LogP contribution in [0.1, 0.15) is 46.0 Å². The van der Waals surface area contributed by atoms with Gasteiger partial charge in [0, 0.05) is 35.5 Å². The second-order valence-electron chi connectivity index (χ2n) is 3.26. The summed E-state index contributed by atoms with van der Waals surface area (Å²) in [5.74, 6) is 5.02. The van der Waals surface area contributed by atoms with E-state index in [0.29, 0.717) is 0 Å². The molecule has 73 valence electrons. The van der Waals surface area contributed by atoms with Gasteiger partial charge < -0.3 is 0 Å². The van der Waals surface area contributed by atoms with Crippen molar-refractivity contribution in [2.45, 2.75) is 46.0 Å². The third kappa shape index (κ3) is 8.75. The van der Waals surface area contributed by atoms with Crippen molar-refractivity contribution in [2.24, 2.45) is 11.8 Å². The summed E-state index contributed by atoms with van der Waals surface area (Å²) in [6, 6.07) is 0. The largest absolute Gasteiger partial charge is 0.294 e. The number of hydrogen-bond donors (Lipinski definition) is 2. The molecule has 0 fully saturated rings. The maximum Gasteiger partial charge on any atom is 0.236 e. The zero-order chi connectivity index (χ0) is 9.40. The average Bonchev–Trinajstić information content (AvgIpc) is 2.10. The smallest absolute Gasteiger partial charge is 0.236 e. The molecule has 3 nitrogen and oxygen atoms in total. The summed E-state index contributed by atoms with van der Waals surface area (Å²) < 4.78 is 0. The van der Waals surface area contributed by atoms with Crippen molar-refractivity contribution >= 4 is 35.5 Å². The molecule has 0 bridgehead atoms. The summed E-state index contributed by atoms with van der Waals surface area (Å²) in [7, 11) is 0. The van der Waals surface area contributed by atoms with Crippen molar-refractivity contribution in [1.29, 1.82) is 0 Å². The van der Waals surface area contributed by atoms with Gasteiger partial charge in [-0.05, 0) is 6.42 Å². The maximum absolute atomic E-state index is 10.9. The van der Waals surface area contributed by atoms with Gasteiger partial charge in [0.2, 0.25) is 5.91 Å². The molecule has 4 heteroatoms. The molecule has 0 saturated carbocycles. The summed E-state index contributed by atoms with van der Waals surface area (Å²) in [6.45, 7) is 4.09. The summed E-state index contributed by atoms with van der Waals surface area (Å²) in [5.41, 5.74) is 2.17. The van der Waals surface area contributed by atoms with Crippen molar-refractivity contribution in [1.82, 2.24) is 5.43 Å². The minimum atomic E-state index is -0.0495. The first-order chi connectivity index (χ1) is 5.72. The van der Waals surface area contributed by atoms with E-state index < -0.39 is 0 Å². The Hall–Kier alpha value is 0.430. The Morgan fingerprint density at radius 1 is 1.38 bits per heavy atom. The second-order valence-corrected chi connectivity index (χ2v) is 3.26.